The van der Waals surface area contributed by atoms with Crippen LogP contribution in [0.4, 0.5) is 19.0 Å². The molecule has 12 heteroatoms. The number of hydrogen-bond acceptors (Lipinski definition) is 7. The van der Waals surface area contributed by atoms with Gasteiger partial charge in [-0.25, -0.2) is 18.0 Å². The van der Waals surface area contributed by atoms with Crippen molar-refractivity contribution in [2.45, 2.75) is 88.4 Å². The molecule has 0 aliphatic carbocycles. The van der Waals surface area contributed by atoms with Gasteiger partial charge in [-0.2, -0.15) is 4.98 Å². The third-order valence-corrected chi connectivity index (χ3v) is 10.9. The number of nitrogens with zero attached hydrogens (tertiary/aromatic N) is 4. The van der Waals surface area contributed by atoms with Gasteiger partial charge < -0.3 is 19.7 Å². The zero-order valence-corrected chi connectivity index (χ0v) is 28.1. The summed E-state index contributed by atoms with van der Waals surface area (Å²) in [6, 6.07) is 4.94. The summed E-state index contributed by atoms with van der Waals surface area (Å²) in [6.07, 6.45) is 6.21. The number of halogens is 3. The molecule has 0 saturated carbocycles. The van der Waals surface area contributed by atoms with Crippen LogP contribution in [0.2, 0.25) is 0 Å². The number of aromatic nitrogens is 3. The second-order valence-electron chi connectivity index (χ2n) is 13.6. The van der Waals surface area contributed by atoms with Crippen molar-refractivity contribution in [2.24, 2.45) is 13.0 Å². The summed E-state index contributed by atoms with van der Waals surface area (Å²) in [5.74, 6) is -5.28. The van der Waals surface area contributed by atoms with Gasteiger partial charge in [0.25, 0.3) is 11.5 Å². The molecule has 0 amide bonds. The number of piperidine rings is 1. The van der Waals surface area contributed by atoms with E-state index in [2.05, 4.69) is 28.7 Å². The Hall–Kier alpha value is -3.48. The maximum atomic E-state index is 16.3. The standard InChI is InChI=1S/C36H46F3N5O4/c1-5-29-25-11-9-12-27(30(25)37)36(38,39)24-13-18-43(19-14-24)23(2)10-7-6-8-17-44-32-26(31(40-29)41-34(44)46)22-28(33(45)42(32)3)35(47-4)15-20-48-21-16-35/h5,9,11-12,22-24,29H,1,6-8,10,13-21H2,2-4H3,(H,40,41,46)/t23?,29-/m1/s1. The fourth-order valence-electron chi connectivity index (χ4n) is 7.91. The molecule has 2 atom stereocenters. The van der Waals surface area contributed by atoms with Gasteiger partial charge in [0.05, 0.1) is 22.6 Å². The summed E-state index contributed by atoms with van der Waals surface area (Å²) in [6.45, 7) is 8.24. The van der Waals surface area contributed by atoms with Gasteiger partial charge >= 0.3 is 5.69 Å². The van der Waals surface area contributed by atoms with E-state index in [1.54, 1.807) is 20.2 Å². The Balaban J connectivity index is 1.53. The molecular weight excluding hydrogens is 623 g/mol. The molecule has 1 N–H and O–H groups in total. The first kappa shape index (κ1) is 34.4. The van der Waals surface area contributed by atoms with Gasteiger partial charge in [0.2, 0.25) is 0 Å². The minimum absolute atomic E-state index is 0.0374. The second-order valence-corrected chi connectivity index (χ2v) is 13.6. The first-order chi connectivity index (χ1) is 23.0. The molecule has 2 saturated heterocycles. The summed E-state index contributed by atoms with van der Waals surface area (Å²) >= 11 is 0. The zero-order chi connectivity index (χ0) is 34.2. The molecule has 1 unspecified atom stereocenters. The molecule has 0 spiro atoms. The van der Waals surface area contributed by atoms with Crippen molar-refractivity contribution < 1.29 is 22.6 Å². The number of hydrogen-bond donors (Lipinski definition) is 1. The third kappa shape index (κ3) is 6.11. The summed E-state index contributed by atoms with van der Waals surface area (Å²) in [7, 11) is 3.19. The highest BCUT2D eigenvalue weighted by atomic mass is 19.3. The van der Waals surface area contributed by atoms with Crippen molar-refractivity contribution in [1.29, 1.82) is 0 Å². The van der Waals surface area contributed by atoms with Crippen LogP contribution in [0.15, 0.2) is 46.5 Å². The maximum Gasteiger partial charge on any atom is 0.351 e. The van der Waals surface area contributed by atoms with E-state index in [0.29, 0.717) is 68.7 Å². The van der Waals surface area contributed by atoms with Gasteiger partial charge in [0.15, 0.2) is 0 Å². The first-order valence-corrected chi connectivity index (χ1v) is 17.1. The van der Waals surface area contributed by atoms with Gasteiger partial charge in [-0.05, 0) is 51.8 Å². The van der Waals surface area contributed by atoms with Crippen molar-refractivity contribution in [3.63, 3.8) is 0 Å². The van der Waals surface area contributed by atoms with Crippen LogP contribution in [0.25, 0.3) is 11.0 Å². The first-order valence-electron chi connectivity index (χ1n) is 17.1. The minimum Gasteiger partial charge on any atom is -0.381 e. The monoisotopic (exact) mass is 669 g/mol. The summed E-state index contributed by atoms with van der Waals surface area (Å²) in [5.41, 5.74) is -1.71. The van der Waals surface area contributed by atoms with E-state index in [9.17, 15) is 9.59 Å². The number of benzene rings is 1. The van der Waals surface area contributed by atoms with E-state index >= 15 is 13.2 Å². The van der Waals surface area contributed by atoms with Crippen LogP contribution in [0, 0.1) is 11.7 Å². The molecule has 0 radical (unpaired) electrons. The molecule has 2 fully saturated rings. The van der Waals surface area contributed by atoms with Gasteiger partial charge in [-0.1, -0.05) is 37.1 Å². The fourth-order valence-corrected chi connectivity index (χ4v) is 7.91. The number of pyridine rings is 1. The number of nitrogens with one attached hydrogen (secondary N) is 1. The largest absolute Gasteiger partial charge is 0.381 e. The zero-order valence-electron chi connectivity index (χ0n) is 28.1. The molecule has 2 aromatic heterocycles. The molecule has 3 aromatic rings. The summed E-state index contributed by atoms with van der Waals surface area (Å²) in [4.78, 5) is 34.4. The van der Waals surface area contributed by atoms with Gasteiger partial charge in [0.1, 0.15) is 22.9 Å². The highest BCUT2D eigenvalue weighted by molar-refractivity contribution is 5.88. The van der Waals surface area contributed by atoms with Crippen LogP contribution in [0.1, 0.15) is 81.0 Å². The number of aryl methyl sites for hydroxylation is 2. The maximum absolute atomic E-state index is 16.3. The van der Waals surface area contributed by atoms with Gasteiger partial charge in [-0.15, -0.1) is 6.58 Å². The predicted molar refractivity (Wildman–Crippen MR) is 179 cm³/mol. The SMILES string of the molecule is C=C[C@H]1Nc2nc(=O)n(c3c2cc(C2(OC)CCOCC2)c(=O)n3C)CCCCCC(C)N2CCC(CC2)C(F)(F)c2cccc1c2F. The van der Waals surface area contributed by atoms with Crippen LogP contribution in [0.5, 0.6) is 0 Å². The molecule has 8 heterocycles. The lowest BCUT2D eigenvalue weighted by atomic mass is 9.84. The Morgan fingerprint density at radius 1 is 1.06 bits per heavy atom. The number of alkyl halides is 2. The number of anilines is 1. The molecule has 48 heavy (non-hydrogen) atoms. The van der Waals surface area contributed by atoms with Crippen LogP contribution in [-0.2, 0) is 34.6 Å². The topological polar surface area (TPSA) is 90.6 Å². The molecule has 1 aromatic carbocycles. The van der Waals surface area contributed by atoms with Crippen LogP contribution >= 0.6 is 0 Å². The van der Waals surface area contributed by atoms with Crippen molar-refractivity contribution in [3.05, 3.63) is 80.3 Å². The minimum atomic E-state index is -3.38. The van der Waals surface area contributed by atoms with E-state index in [1.807, 2.05) is 0 Å². The predicted octanol–water partition coefficient (Wildman–Crippen LogP) is 5.99. The Labute approximate surface area is 278 Å². The average Bonchev–Trinajstić information content (AvgIpc) is 3.09. The van der Waals surface area contributed by atoms with Gasteiger partial charge in [-0.3, -0.25) is 13.9 Å². The fraction of sp³-hybridized carbons (Fsp3) is 0.583. The average molecular weight is 670 g/mol. The Morgan fingerprint density at radius 3 is 2.48 bits per heavy atom. The van der Waals surface area contributed by atoms with Crippen molar-refractivity contribution in [2.75, 3.05) is 38.7 Å². The van der Waals surface area contributed by atoms with E-state index in [-0.39, 0.29) is 35.8 Å². The van der Waals surface area contributed by atoms with Crippen molar-refractivity contribution in [3.8, 4) is 0 Å². The smallest absolute Gasteiger partial charge is 0.351 e. The Morgan fingerprint density at radius 2 is 1.79 bits per heavy atom. The van der Waals surface area contributed by atoms with Crippen LogP contribution in [-0.4, -0.2) is 58.5 Å². The lowest BCUT2D eigenvalue weighted by Gasteiger charge is -2.39. The highest BCUT2D eigenvalue weighted by Crippen LogP contribution is 2.44. The van der Waals surface area contributed by atoms with Crippen molar-refractivity contribution in [1.82, 2.24) is 19.0 Å². The molecule has 9 nitrogen and oxygen atoms in total. The van der Waals surface area contributed by atoms with Crippen molar-refractivity contribution >= 4 is 16.9 Å². The lowest BCUT2D eigenvalue weighted by Crippen LogP contribution is -2.43. The third-order valence-electron chi connectivity index (χ3n) is 10.9. The number of rotatable bonds is 3. The molecule has 9 rings (SSSR count). The van der Waals surface area contributed by atoms with Crippen LogP contribution < -0.4 is 16.6 Å². The van der Waals surface area contributed by atoms with E-state index < -0.39 is 40.6 Å². The second kappa shape index (κ2) is 13.8. The molecular formula is C36H46F3N5O4. The molecule has 260 valence electrons. The number of ether oxygens (including phenoxy) is 2. The normalized spacial score (nSPS) is 26.2. The quantitative estimate of drug-likeness (QED) is 0.343. The van der Waals surface area contributed by atoms with Gasteiger partial charge in [0, 0.05) is 64.3 Å². The summed E-state index contributed by atoms with van der Waals surface area (Å²) in [5, 5.41) is 3.59. The molecule has 6 bridgehead atoms. The molecule has 6 aliphatic rings. The Bertz CT molecular complexity index is 1780. The molecule has 6 aliphatic heterocycles. The van der Waals surface area contributed by atoms with E-state index in [1.165, 1.54) is 27.3 Å². The van der Waals surface area contributed by atoms with E-state index in [0.717, 1.165) is 25.3 Å². The number of methoxy groups -OCH3 is 1. The lowest BCUT2D eigenvalue weighted by molar-refractivity contribution is -0.0956. The van der Waals surface area contributed by atoms with Crippen LogP contribution in [0.3, 0.4) is 0 Å². The Kier molecular flexibility index (Phi) is 9.88. The van der Waals surface area contributed by atoms with E-state index in [4.69, 9.17) is 9.47 Å². The highest BCUT2D eigenvalue weighted by Gasteiger charge is 2.45. The summed E-state index contributed by atoms with van der Waals surface area (Å²) < 4.78 is 63.0.